The van der Waals surface area contributed by atoms with Gasteiger partial charge in [-0.05, 0) is 28.8 Å². The van der Waals surface area contributed by atoms with Crippen molar-refractivity contribution in [2.45, 2.75) is 18.4 Å². The Morgan fingerprint density at radius 3 is 2.23 bits per heavy atom. The molecule has 2 atom stereocenters. The van der Waals surface area contributed by atoms with Gasteiger partial charge >= 0.3 is 0 Å². The van der Waals surface area contributed by atoms with E-state index in [-0.39, 0.29) is 11.8 Å². The molecule has 2 unspecified atom stereocenters. The topological polar surface area (TPSA) is 49.9 Å². The van der Waals surface area contributed by atoms with Crippen LogP contribution in [-0.2, 0) is 16.1 Å². The third kappa shape index (κ3) is 2.62. The van der Waals surface area contributed by atoms with E-state index in [4.69, 9.17) is 4.74 Å². The average Bonchev–Trinajstić information content (AvgIpc) is 3.19. The zero-order chi connectivity index (χ0) is 20.8. The van der Waals surface area contributed by atoms with E-state index in [0.29, 0.717) is 12.3 Å². The molecule has 0 N–H and O–H groups in total. The van der Waals surface area contributed by atoms with Gasteiger partial charge in [-0.25, -0.2) is 0 Å². The molecule has 5 rings (SSSR count). The standard InChI is InChI=1S/C25H22N2O3/c1-26-23-18(12-8-14-20(23)30-2)22(24(26)28)21-17-11-6-7-13-19(17)27(25(21)29)15-16-9-4-3-5-10-16/h3-14,21-22H,15H2,1-2H3. The predicted octanol–water partition coefficient (Wildman–Crippen LogP) is 4.09. The average molecular weight is 398 g/mol. The lowest BCUT2D eigenvalue weighted by Crippen LogP contribution is -2.34. The number of fused-ring (bicyclic) bond motifs is 2. The van der Waals surface area contributed by atoms with Crippen molar-refractivity contribution in [2.75, 3.05) is 24.0 Å². The first-order valence-corrected chi connectivity index (χ1v) is 10.0. The van der Waals surface area contributed by atoms with Gasteiger partial charge in [-0.2, -0.15) is 0 Å². The summed E-state index contributed by atoms with van der Waals surface area (Å²) in [6, 6.07) is 23.4. The van der Waals surface area contributed by atoms with Crippen molar-refractivity contribution in [1.82, 2.24) is 0 Å². The van der Waals surface area contributed by atoms with Crippen LogP contribution in [0.2, 0.25) is 0 Å². The monoisotopic (exact) mass is 398 g/mol. The normalized spacial score (nSPS) is 19.8. The van der Waals surface area contributed by atoms with E-state index in [1.807, 2.05) is 72.8 Å². The minimum Gasteiger partial charge on any atom is -0.495 e. The van der Waals surface area contributed by atoms with Crippen LogP contribution in [0.5, 0.6) is 5.75 Å². The van der Waals surface area contributed by atoms with Crippen molar-refractivity contribution in [1.29, 1.82) is 0 Å². The molecule has 0 bridgehead atoms. The lowest BCUT2D eigenvalue weighted by Gasteiger charge is -2.20. The van der Waals surface area contributed by atoms with Gasteiger partial charge in [-0.15, -0.1) is 0 Å². The van der Waals surface area contributed by atoms with E-state index in [1.165, 1.54) is 0 Å². The maximum absolute atomic E-state index is 13.7. The minimum atomic E-state index is -0.561. The second-order valence-electron chi connectivity index (χ2n) is 7.72. The molecule has 0 radical (unpaired) electrons. The molecule has 0 fully saturated rings. The fourth-order valence-electron chi connectivity index (χ4n) is 4.76. The summed E-state index contributed by atoms with van der Waals surface area (Å²) in [5, 5.41) is 0. The van der Waals surface area contributed by atoms with Gasteiger partial charge in [-0.3, -0.25) is 9.59 Å². The Kier molecular flexibility index (Phi) is 4.31. The molecule has 2 aliphatic rings. The quantitative estimate of drug-likeness (QED) is 0.665. The Balaban J connectivity index is 1.61. The van der Waals surface area contributed by atoms with Crippen LogP contribution in [0.1, 0.15) is 28.5 Å². The highest BCUT2D eigenvalue weighted by atomic mass is 16.5. The number of benzene rings is 3. The molecule has 0 saturated carbocycles. The van der Waals surface area contributed by atoms with Crippen molar-refractivity contribution >= 4 is 23.2 Å². The van der Waals surface area contributed by atoms with Crippen molar-refractivity contribution in [3.63, 3.8) is 0 Å². The number of methoxy groups -OCH3 is 1. The molecule has 3 aromatic carbocycles. The number of ether oxygens (including phenoxy) is 1. The first kappa shape index (κ1) is 18.4. The maximum atomic E-state index is 13.7. The van der Waals surface area contributed by atoms with Gasteiger partial charge in [0.15, 0.2) is 0 Å². The third-order valence-corrected chi connectivity index (χ3v) is 6.13. The number of carbonyl (C=O) groups is 2. The van der Waals surface area contributed by atoms with Gasteiger partial charge in [-0.1, -0.05) is 60.7 Å². The van der Waals surface area contributed by atoms with E-state index in [2.05, 4.69) is 0 Å². The molecule has 5 heteroatoms. The van der Waals surface area contributed by atoms with Gasteiger partial charge in [0.1, 0.15) is 5.75 Å². The Labute approximate surface area is 175 Å². The largest absolute Gasteiger partial charge is 0.495 e. The Bertz CT molecular complexity index is 1140. The molecule has 2 heterocycles. The predicted molar refractivity (Wildman–Crippen MR) is 116 cm³/mol. The summed E-state index contributed by atoms with van der Waals surface area (Å²) >= 11 is 0. The van der Waals surface area contributed by atoms with Crippen molar-refractivity contribution in [3.8, 4) is 5.75 Å². The van der Waals surface area contributed by atoms with Gasteiger partial charge < -0.3 is 14.5 Å². The molecule has 2 aliphatic heterocycles. The third-order valence-electron chi connectivity index (χ3n) is 6.13. The van der Waals surface area contributed by atoms with E-state index in [1.54, 1.807) is 24.0 Å². The fraction of sp³-hybridized carbons (Fsp3) is 0.200. The first-order chi connectivity index (χ1) is 14.6. The number of amides is 2. The Hall–Kier alpha value is -3.60. The molecule has 30 heavy (non-hydrogen) atoms. The van der Waals surface area contributed by atoms with Crippen LogP contribution >= 0.6 is 0 Å². The van der Waals surface area contributed by atoms with Gasteiger partial charge in [0.2, 0.25) is 11.8 Å². The number of hydrogen-bond donors (Lipinski definition) is 0. The molecular formula is C25H22N2O3. The summed E-state index contributed by atoms with van der Waals surface area (Å²) < 4.78 is 5.49. The molecule has 2 amide bonds. The number of carbonyl (C=O) groups excluding carboxylic acids is 2. The molecule has 0 aromatic heterocycles. The second-order valence-corrected chi connectivity index (χ2v) is 7.72. The summed E-state index contributed by atoms with van der Waals surface area (Å²) in [6.45, 7) is 0.481. The molecule has 150 valence electrons. The summed E-state index contributed by atoms with van der Waals surface area (Å²) in [4.78, 5) is 30.5. The summed E-state index contributed by atoms with van der Waals surface area (Å²) in [5.74, 6) is -0.583. The highest BCUT2D eigenvalue weighted by molar-refractivity contribution is 6.14. The van der Waals surface area contributed by atoms with E-state index in [0.717, 1.165) is 28.1 Å². The van der Waals surface area contributed by atoms with E-state index in [9.17, 15) is 9.59 Å². The first-order valence-electron chi connectivity index (χ1n) is 10.0. The van der Waals surface area contributed by atoms with Crippen LogP contribution in [0, 0.1) is 0 Å². The van der Waals surface area contributed by atoms with Crippen LogP contribution in [0.15, 0.2) is 72.8 Å². The van der Waals surface area contributed by atoms with Crippen molar-refractivity contribution < 1.29 is 14.3 Å². The van der Waals surface area contributed by atoms with E-state index >= 15 is 0 Å². The molecule has 0 aliphatic carbocycles. The second kappa shape index (κ2) is 7.02. The lowest BCUT2D eigenvalue weighted by molar-refractivity contribution is -0.125. The van der Waals surface area contributed by atoms with Crippen molar-refractivity contribution in [3.05, 3.63) is 89.5 Å². The lowest BCUT2D eigenvalue weighted by atomic mass is 9.83. The highest BCUT2D eigenvalue weighted by Crippen LogP contribution is 2.52. The van der Waals surface area contributed by atoms with Crippen LogP contribution in [0.4, 0.5) is 11.4 Å². The van der Waals surface area contributed by atoms with E-state index < -0.39 is 11.8 Å². The minimum absolute atomic E-state index is 0.0394. The molecule has 5 nitrogen and oxygen atoms in total. The van der Waals surface area contributed by atoms with Crippen LogP contribution in [0.25, 0.3) is 0 Å². The zero-order valence-corrected chi connectivity index (χ0v) is 16.9. The SMILES string of the molecule is COc1cccc2c1N(C)C(=O)C2C1C(=O)N(Cc2ccccc2)c2ccccc21. The van der Waals surface area contributed by atoms with Crippen molar-refractivity contribution in [2.24, 2.45) is 0 Å². The van der Waals surface area contributed by atoms with Crippen LogP contribution < -0.4 is 14.5 Å². The Morgan fingerprint density at radius 2 is 1.47 bits per heavy atom. The smallest absolute Gasteiger partial charge is 0.236 e. The summed E-state index contributed by atoms with van der Waals surface area (Å²) in [6.07, 6.45) is 0. The molecule has 0 saturated heterocycles. The number of para-hydroxylation sites is 2. The Morgan fingerprint density at radius 1 is 0.800 bits per heavy atom. The number of hydrogen-bond acceptors (Lipinski definition) is 3. The van der Waals surface area contributed by atoms with Crippen LogP contribution in [0.3, 0.4) is 0 Å². The number of rotatable bonds is 4. The van der Waals surface area contributed by atoms with Gasteiger partial charge in [0, 0.05) is 12.7 Å². The number of likely N-dealkylation sites (N-methyl/N-ethyl adjacent to an activating group) is 1. The van der Waals surface area contributed by atoms with Gasteiger partial charge in [0.25, 0.3) is 0 Å². The summed E-state index contributed by atoms with van der Waals surface area (Å²) in [5.41, 5.74) is 4.43. The number of anilines is 2. The number of nitrogens with zero attached hydrogens (tertiary/aromatic N) is 2. The molecule has 0 spiro atoms. The summed E-state index contributed by atoms with van der Waals surface area (Å²) in [7, 11) is 3.34. The maximum Gasteiger partial charge on any atom is 0.236 e. The van der Waals surface area contributed by atoms with Crippen LogP contribution in [-0.4, -0.2) is 26.0 Å². The van der Waals surface area contributed by atoms with Gasteiger partial charge in [0.05, 0.1) is 31.2 Å². The zero-order valence-electron chi connectivity index (χ0n) is 16.9. The highest BCUT2D eigenvalue weighted by Gasteiger charge is 2.50. The molecule has 3 aromatic rings. The fourth-order valence-corrected chi connectivity index (χ4v) is 4.76. The molecular weight excluding hydrogens is 376 g/mol.